The highest BCUT2D eigenvalue weighted by Crippen LogP contribution is 2.27. The fraction of sp³-hybridized carbons (Fsp3) is 0.300. The summed E-state index contributed by atoms with van der Waals surface area (Å²) in [6.07, 6.45) is 3.11. The highest BCUT2D eigenvalue weighted by Gasteiger charge is 2.27. The SMILES string of the molecule is Cc1cc(C(=O)N2CCC[C@@H](c3cc(=O)[nH]cn3)C2)c2ccc(F)cc2n1. The van der Waals surface area contributed by atoms with Crippen LogP contribution in [-0.2, 0) is 0 Å². The van der Waals surface area contributed by atoms with Gasteiger partial charge in [-0.25, -0.2) is 9.37 Å². The molecule has 1 aromatic carbocycles. The molecule has 3 heterocycles. The molecule has 6 nitrogen and oxygen atoms in total. The van der Waals surface area contributed by atoms with Crippen LogP contribution in [0.1, 0.15) is 40.5 Å². The Morgan fingerprint density at radius 3 is 2.96 bits per heavy atom. The Labute approximate surface area is 155 Å². The van der Waals surface area contributed by atoms with E-state index in [-0.39, 0.29) is 23.2 Å². The van der Waals surface area contributed by atoms with Gasteiger partial charge in [-0.3, -0.25) is 14.6 Å². The summed E-state index contributed by atoms with van der Waals surface area (Å²) < 4.78 is 13.6. The third-order valence-corrected chi connectivity index (χ3v) is 4.96. The van der Waals surface area contributed by atoms with Crippen molar-refractivity contribution in [3.63, 3.8) is 0 Å². The summed E-state index contributed by atoms with van der Waals surface area (Å²) in [5.74, 6) is -0.458. The summed E-state index contributed by atoms with van der Waals surface area (Å²) in [6, 6.07) is 7.53. The van der Waals surface area contributed by atoms with Gasteiger partial charge in [-0.05, 0) is 38.0 Å². The number of pyridine rings is 1. The quantitative estimate of drug-likeness (QED) is 0.756. The van der Waals surface area contributed by atoms with Crippen LogP contribution in [0.5, 0.6) is 0 Å². The Morgan fingerprint density at radius 1 is 1.30 bits per heavy atom. The fourth-order valence-corrected chi connectivity index (χ4v) is 3.69. The second-order valence-electron chi connectivity index (χ2n) is 6.90. The average molecular weight is 366 g/mol. The largest absolute Gasteiger partial charge is 0.338 e. The van der Waals surface area contributed by atoms with Crippen molar-refractivity contribution < 1.29 is 9.18 Å². The number of aromatic amines is 1. The van der Waals surface area contributed by atoms with Crippen molar-refractivity contribution >= 4 is 16.8 Å². The van der Waals surface area contributed by atoms with E-state index in [0.29, 0.717) is 40.9 Å². The Bertz CT molecular complexity index is 1070. The number of rotatable bonds is 2. The summed E-state index contributed by atoms with van der Waals surface area (Å²) >= 11 is 0. The highest BCUT2D eigenvalue weighted by molar-refractivity contribution is 6.06. The zero-order valence-corrected chi connectivity index (χ0v) is 14.9. The number of aromatic nitrogens is 3. The van der Waals surface area contributed by atoms with E-state index in [4.69, 9.17) is 0 Å². The predicted octanol–water partition coefficient (Wildman–Crippen LogP) is 2.79. The summed E-state index contributed by atoms with van der Waals surface area (Å²) in [5, 5.41) is 0.642. The number of halogens is 1. The number of fused-ring (bicyclic) bond motifs is 1. The Hall–Kier alpha value is -3.09. The van der Waals surface area contributed by atoms with E-state index in [9.17, 15) is 14.0 Å². The van der Waals surface area contributed by atoms with Gasteiger partial charge >= 0.3 is 0 Å². The molecule has 0 spiro atoms. The molecule has 1 N–H and O–H groups in total. The second kappa shape index (κ2) is 6.90. The van der Waals surface area contributed by atoms with Gasteiger partial charge in [0.25, 0.3) is 11.5 Å². The first-order valence-corrected chi connectivity index (χ1v) is 8.92. The molecule has 1 fully saturated rings. The fourth-order valence-electron chi connectivity index (χ4n) is 3.69. The number of amides is 1. The first-order chi connectivity index (χ1) is 13.0. The second-order valence-corrected chi connectivity index (χ2v) is 6.90. The molecule has 1 aliphatic rings. The number of piperidine rings is 1. The van der Waals surface area contributed by atoms with E-state index in [0.717, 1.165) is 12.8 Å². The Kier molecular flexibility index (Phi) is 4.43. The number of carbonyl (C=O) groups is 1. The third kappa shape index (κ3) is 3.45. The predicted molar refractivity (Wildman–Crippen MR) is 99.2 cm³/mol. The summed E-state index contributed by atoms with van der Waals surface area (Å²) in [6.45, 7) is 2.93. The molecule has 7 heteroatoms. The zero-order valence-electron chi connectivity index (χ0n) is 14.9. The molecule has 1 amide bonds. The van der Waals surface area contributed by atoms with E-state index in [1.165, 1.54) is 24.5 Å². The minimum absolute atomic E-state index is 0.0247. The van der Waals surface area contributed by atoms with E-state index in [1.807, 2.05) is 0 Å². The van der Waals surface area contributed by atoms with Crippen molar-refractivity contribution in [2.24, 2.45) is 0 Å². The number of likely N-dealkylation sites (tertiary alicyclic amines) is 1. The van der Waals surface area contributed by atoms with Crippen molar-refractivity contribution in [1.82, 2.24) is 19.9 Å². The van der Waals surface area contributed by atoms with Gasteiger partial charge in [-0.15, -0.1) is 0 Å². The molecule has 4 rings (SSSR count). The maximum absolute atomic E-state index is 13.6. The van der Waals surface area contributed by atoms with Crippen LogP contribution in [0.3, 0.4) is 0 Å². The van der Waals surface area contributed by atoms with Crippen molar-refractivity contribution in [1.29, 1.82) is 0 Å². The first kappa shape index (κ1) is 17.3. The number of H-pyrrole nitrogens is 1. The van der Waals surface area contributed by atoms with Gasteiger partial charge in [-0.1, -0.05) is 0 Å². The topological polar surface area (TPSA) is 79.0 Å². The minimum Gasteiger partial charge on any atom is -0.338 e. The van der Waals surface area contributed by atoms with Gasteiger partial charge in [0, 0.05) is 42.2 Å². The first-order valence-electron chi connectivity index (χ1n) is 8.92. The van der Waals surface area contributed by atoms with Crippen LogP contribution < -0.4 is 5.56 Å². The molecule has 3 aromatic rings. The van der Waals surface area contributed by atoms with Gasteiger partial charge < -0.3 is 9.88 Å². The molecule has 138 valence electrons. The van der Waals surface area contributed by atoms with Crippen LogP contribution in [0.15, 0.2) is 41.5 Å². The lowest BCUT2D eigenvalue weighted by Crippen LogP contribution is -2.39. The van der Waals surface area contributed by atoms with Crippen LogP contribution in [0.25, 0.3) is 10.9 Å². The minimum atomic E-state index is -0.377. The molecule has 0 aliphatic carbocycles. The lowest BCUT2D eigenvalue weighted by molar-refractivity contribution is 0.0707. The molecule has 0 unspecified atom stereocenters. The molecular weight excluding hydrogens is 347 g/mol. The number of hydrogen-bond acceptors (Lipinski definition) is 4. The van der Waals surface area contributed by atoms with Crippen molar-refractivity contribution in [2.45, 2.75) is 25.7 Å². The standard InChI is InChI=1S/C20H19FN4O2/c1-12-7-16(15-5-4-14(21)8-18(15)24-12)20(27)25-6-2-3-13(10-25)17-9-19(26)23-11-22-17/h4-5,7-9,11,13H,2-3,6,10H2,1H3,(H,22,23,26)/t13-/m1/s1. The van der Waals surface area contributed by atoms with Crippen molar-refractivity contribution in [2.75, 3.05) is 13.1 Å². The monoisotopic (exact) mass is 366 g/mol. The molecule has 1 aliphatic heterocycles. The molecular formula is C20H19FN4O2. The Balaban J connectivity index is 1.66. The van der Waals surface area contributed by atoms with Gasteiger partial charge in [0.2, 0.25) is 0 Å². The highest BCUT2D eigenvalue weighted by atomic mass is 19.1. The normalized spacial score (nSPS) is 17.3. The average Bonchev–Trinajstić information content (AvgIpc) is 2.66. The van der Waals surface area contributed by atoms with Crippen molar-refractivity contribution in [3.05, 3.63) is 69.8 Å². The molecule has 2 aromatic heterocycles. The van der Waals surface area contributed by atoms with Gasteiger partial charge in [0.15, 0.2) is 0 Å². The molecule has 1 saturated heterocycles. The van der Waals surface area contributed by atoms with Crippen LogP contribution in [-0.4, -0.2) is 38.8 Å². The van der Waals surface area contributed by atoms with Gasteiger partial charge in [-0.2, -0.15) is 0 Å². The van der Waals surface area contributed by atoms with Gasteiger partial charge in [0.1, 0.15) is 5.82 Å². The lowest BCUT2D eigenvalue weighted by atomic mass is 9.93. The maximum Gasteiger partial charge on any atom is 0.254 e. The third-order valence-electron chi connectivity index (χ3n) is 4.96. The number of hydrogen-bond donors (Lipinski definition) is 1. The number of nitrogens with one attached hydrogen (secondary N) is 1. The summed E-state index contributed by atoms with van der Waals surface area (Å²) in [5.41, 5.74) is 2.18. The van der Waals surface area contributed by atoms with Crippen LogP contribution in [0.2, 0.25) is 0 Å². The molecule has 1 atom stereocenters. The smallest absolute Gasteiger partial charge is 0.254 e. The molecule has 0 bridgehead atoms. The number of carbonyl (C=O) groups excluding carboxylic acids is 1. The number of aryl methyl sites for hydroxylation is 1. The zero-order chi connectivity index (χ0) is 19.0. The van der Waals surface area contributed by atoms with E-state index >= 15 is 0 Å². The maximum atomic E-state index is 13.6. The van der Waals surface area contributed by atoms with Crippen molar-refractivity contribution in [3.8, 4) is 0 Å². The van der Waals surface area contributed by atoms with E-state index < -0.39 is 0 Å². The lowest BCUT2D eigenvalue weighted by Gasteiger charge is -2.32. The Morgan fingerprint density at radius 2 is 2.15 bits per heavy atom. The summed E-state index contributed by atoms with van der Waals surface area (Å²) in [4.78, 5) is 37.7. The van der Waals surface area contributed by atoms with Gasteiger partial charge in [0.05, 0.1) is 23.1 Å². The number of benzene rings is 1. The van der Waals surface area contributed by atoms with E-state index in [2.05, 4.69) is 15.0 Å². The van der Waals surface area contributed by atoms with Crippen LogP contribution in [0, 0.1) is 12.7 Å². The molecule has 0 saturated carbocycles. The van der Waals surface area contributed by atoms with Crippen LogP contribution in [0.4, 0.5) is 4.39 Å². The molecule has 27 heavy (non-hydrogen) atoms. The van der Waals surface area contributed by atoms with E-state index in [1.54, 1.807) is 24.0 Å². The van der Waals surface area contributed by atoms with Crippen LogP contribution >= 0.6 is 0 Å². The molecule has 0 radical (unpaired) electrons. The number of nitrogens with zero attached hydrogens (tertiary/aromatic N) is 3. The summed E-state index contributed by atoms with van der Waals surface area (Å²) in [7, 11) is 0.